The molecule has 3 aromatic carbocycles. The van der Waals surface area contributed by atoms with E-state index in [-0.39, 0.29) is 5.91 Å². The Morgan fingerprint density at radius 2 is 1.80 bits per heavy atom. The van der Waals surface area contributed by atoms with Gasteiger partial charge in [0.2, 0.25) is 0 Å². The van der Waals surface area contributed by atoms with Crippen molar-refractivity contribution in [1.82, 2.24) is 14.7 Å². The van der Waals surface area contributed by atoms with Crippen LogP contribution >= 0.6 is 24.0 Å². The summed E-state index contributed by atoms with van der Waals surface area (Å²) in [5.41, 5.74) is 4.00. The first-order valence-corrected chi connectivity index (χ1v) is 13.9. The average molecular weight is 568 g/mol. The van der Waals surface area contributed by atoms with Crippen molar-refractivity contribution >= 4 is 51.3 Å². The molecule has 1 saturated heterocycles. The number of furan rings is 1. The second-order valence-electron chi connectivity index (χ2n) is 9.13. The number of ether oxygens (including phenoxy) is 2. The molecule has 6 rings (SSSR count). The first-order chi connectivity index (χ1) is 19.5. The van der Waals surface area contributed by atoms with Gasteiger partial charge in [-0.15, -0.1) is 0 Å². The van der Waals surface area contributed by atoms with Gasteiger partial charge in [-0.05, 0) is 54.5 Å². The van der Waals surface area contributed by atoms with E-state index in [1.807, 2.05) is 91.1 Å². The van der Waals surface area contributed by atoms with E-state index < -0.39 is 0 Å². The van der Waals surface area contributed by atoms with Crippen molar-refractivity contribution in [2.75, 3.05) is 20.8 Å². The van der Waals surface area contributed by atoms with Crippen molar-refractivity contribution in [3.63, 3.8) is 0 Å². The third kappa shape index (κ3) is 5.01. The van der Waals surface area contributed by atoms with Crippen LogP contribution < -0.4 is 9.47 Å². The van der Waals surface area contributed by atoms with Crippen LogP contribution in [0.5, 0.6) is 11.5 Å². The number of methoxy groups -OCH3 is 2. The molecule has 9 heteroatoms. The van der Waals surface area contributed by atoms with Crippen LogP contribution in [0, 0.1) is 0 Å². The maximum atomic E-state index is 13.5. The predicted octanol–water partition coefficient (Wildman–Crippen LogP) is 6.75. The van der Waals surface area contributed by atoms with E-state index in [9.17, 15) is 4.79 Å². The van der Waals surface area contributed by atoms with Gasteiger partial charge in [-0.25, -0.2) is 4.68 Å². The number of hydrogen-bond donors (Lipinski definition) is 0. The standard InChI is InChI=1S/C31H25N3O4S2/c1-36-24-13-11-20(12-14-24)15-16-33-30(35)27(40-31(33)39)18-22-19-34(23-8-4-3-5-9-23)32-28(22)26-17-21-7-6-10-25(37-2)29(21)38-26/h3-14,17-19H,15-16H2,1-2H3. The molecule has 1 amide bonds. The molecular formula is C31H25N3O4S2. The fourth-order valence-electron chi connectivity index (χ4n) is 4.58. The van der Waals surface area contributed by atoms with E-state index in [0.29, 0.717) is 45.0 Å². The van der Waals surface area contributed by atoms with Crippen molar-refractivity contribution in [1.29, 1.82) is 0 Å². The number of amides is 1. The number of aromatic nitrogens is 2. The summed E-state index contributed by atoms with van der Waals surface area (Å²) in [4.78, 5) is 15.7. The van der Waals surface area contributed by atoms with Gasteiger partial charge in [-0.3, -0.25) is 9.69 Å². The Morgan fingerprint density at radius 1 is 1.00 bits per heavy atom. The van der Waals surface area contributed by atoms with Crippen molar-refractivity contribution in [2.24, 2.45) is 0 Å². The first kappa shape index (κ1) is 25.9. The SMILES string of the molecule is COc1ccc(CCN2C(=O)C(=Cc3cn(-c4ccccc4)nc3-c3cc4cccc(OC)c4o3)SC2=S)cc1. The van der Waals surface area contributed by atoms with Gasteiger partial charge >= 0.3 is 0 Å². The van der Waals surface area contributed by atoms with Gasteiger partial charge in [-0.2, -0.15) is 5.10 Å². The molecule has 0 atom stereocenters. The highest BCUT2D eigenvalue weighted by atomic mass is 32.2. The van der Waals surface area contributed by atoms with Crippen LogP contribution in [0.15, 0.2) is 94.4 Å². The Labute approximate surface area is 241 Å². The summed E-state index contributed by atoms with van der Waals surface area (Å²) in [5.74, 6) is 1.90. The molecule has 0 aliphatic carbocycles. The summed E-state index contributed by atoms with van der Waals surface area (Å²) in [7, 11) is 3.25. The molecule has 1 aliphatic heterocycles. The van der Waals surface area contributed by atoms with Gasteiger partial charge in [0.1, 0.15) is 15.8 Å². The minimum absolute atomic E-state index is 0.117. The molecule has 0 unspecified atom stereocenters. The summed E-state index contributed by atoms with van der Waals surface area (Å²) in [5, 5.41) is 5.76. The van der Waals surface area contributed by atoms with Crippen LogP contribution in [0.3, 0.4) is 0 Å². The first-order valence-electron chi connectivity index (χ1n) is 12.6. The molecule has 0 radical (unpaired) electrons. The summed E-state index contributed by atoms with van der Waals surface area (Å²) >= 11 is 6.90. The van der Waals surface area contributed by atoms with Crippen LogP contribution in [0.2, 0.25) is 0 Å². The zero-order valence-corrected chi connectivity index (χ0v) is 23.5. The highest BCUT2D eigenvalue weighted by molar-refractivity contribution is 8.26. The molecule has 0 N–H and O–H groups in total. The lowest BCUT2D eigenvalue weighted by Gasteiger charge is -2.14. The smallest absolute Gasteiger partial charge is 0.266 e. The van der Waals surface area contributed by atoms with Crippen LogP contribution in [0.1, 0.15) is 11.1 Å². The third-order valence-corrected chi connectivity index (χ3v) is 8.05. The molecule has 40 heavy (non-hydrogen) atoms. The molecule has 7 nitrogen and oxygen atoms in total. The number of thioether (sulfide) groups is 1. The number of rotatable bonds is 8. The van der Waals surface area contributed by atoms with Crippen molar-refractivity contribution in [3.8, 4) is 28.6 Å². The summed E-state index contributed by atoms with van der Waals surface area (Å²) in [6.07, 6.45) is 4.43. The number of carbonyl (C=O) groups excluding carboxylic acids is 1. The van der Waals surface area contributed by atoms with Crippen molar-refractivity contribution < 1.29 is 18.7 Å². The molecular weight excluding hydrogens is 542 g/mol. The number of thiocarbonyl (C=S) groups is 1. The highest BCUT2D eigenvalue weighted by Gasteiger charge is 2.32. The van der Waals surface area contributed by atoms with Crippen LogP contribution in [0.4, 0.5) is 0 Å². The lowest BCUT2D eigenvalue weighted by atomic mass is 10.1. The van der Waals surface area contributed by atoms with Crippen molar-refractivity contribution in [2.45, 2.75) is 6.42 Å². The van der Waals surface area contributed by atoms with E-state index in [1.54, 1.807) is 23.8 Å². The average Bonchev–Trinajstić information content (AvgIpc) is 3.68. The van der Waals surface area contributed by atoms with Crippen LogP contribution in [0.25, 0.3) is 34.2 Å². The Balaban J connectivity index is 1.33. The minimum Gasteiger partial charge on any atom is -0.497 e. The largest absolute Gasteiger partial charge is 0.497 e. The predicted molar refractivity (Wildman–Crippen MR) is 162 cm³/mol. The summed E-state index contributed by atoms with van der Waals surface area (Å²) in [6.45, 7) is 0.494. The van der Waals surface area contributed by atoms with Crippen molar-refractivity contribution in [3.05, 3.63) is 101 Å². The maximum absolute atomic E-state index is 13.5. The number of carbonyl (C=O) groups is 1. The second-order valence-corrected chi connectivity index (χ2v) is 10.8. The van der Waals surface area contributed by atoms with Crippen LogP contribution in [-0.4, -0.2) is 45.7 Å². The summed E-state index contributed by atoms with van der Waals surface area (Å²) in [6, 6.07) is 25.3. The monoisotopic (exact) mass is 567 g/mol. The molecule has 0 spiro atoms. The fraction of sp³-hybridized carbons (Fsp3) is 0.129. The number of nitrogens with zero attached hydrogens (tertiary/aromatic N) is 3. The van der Waals surface area contributed by atoms with Gasteiger partial charge in [0.15, 0.2) is 17.1 Å². The zero-order chi connectivity index (χ0) is 27.6. The fourth-order valence-corrected chi connectivity index (χ4v) is 5.88. The van der Waals surface area contributed by atoms with Gasteiger partial charge < -0.3 is 13.9 Å². The topological polar surface area (TPSA) is 69.7 Å². The Morgan fingerprint density at radius 3 is 2.55 bits per heavy atom. The summed E-state index contributed by atoms with van der Waals surface area (Å²) < 4.78 is 19.3. The minimum atomic E-state index is -0.117. The molecule has 200 valence electrons. The zero-order valence-electron chi connectivity index (χ0n) is 21.9. The van der Waals surface area contributed by atoms with Gasteiger partial charge in [0.25, 0.3) is 5.91 Å². The molecule has 1 aliphatic rings. The lowest BCUT2D eigenvalue weighted by molar-refractivity contribution is -0.122. The number of para-hydroxylation sites is 2. The Kier molecular flexibility index (Phi) is 7.15. The van der Waals surface area contributed by atoms with E-state index in [2.05, 4.69) is 0 Å². The molecule has 2 aromatic heterocycles. The quantitative estimate of drug-likeness (QED) is 0.152. The highest BCUT2D eigenvalue weighted by Crippen LogP contribution is 2.38. The van der Waals surface area contributed by atoms with Gasteiger partial charge in [0.05, 0.1) is 24.8 Å². The Bertz CT molecular complexity index is 1740. The van der Waals surface area contributed by atoms with E-state index in [1.165, 1.54) is 11.8 Å². The third-order valence-electron chi connectivity index (χ3n) is 6.67. The van der Waals surface area contributed by atoms with Gasteiger partial charge in [-0.1, -0.05) is 66.4 Å². The van der Waals surface area contributed by atoms with E-state index in [4.69, 9.17) is 31.2 Å². The molecule has 1 fully saturated rings. The normalized spacial score (nSPS) is 14.4. The molecule has 0 bridgehead atoms. The molecule has 3 heterocycles. The second kappa shape index (κ2) is 11.0. The van der Waals surface area contributed by atoms with E-state index in [0.717, 1.165) is 28.0 Å². The number of benzene rings is 3. The molecule has 0 saturated carbocycles. The number of fused-ring (bicyclic) bond motifs is 1. The Hall–Kier alpha value is -4.34. The number of hydrogen-bond acceptors (Lipinski definition) is 7. The molecule has 5 aromatic rings. The van der Waals surface area contributed by atoms with E-state index >= 15 is 0 Å². The van der Waals surface area contributed by atoms with Crippen LogP contribution in [-0.2, 0) is 11.2 Å². The van der Waals surface area contributed by atoms with Gasteiger partial charge in [0, 0.05) is 23.7 Å². The lowest BCUT2D eigenvalue weighted by Crippen LogP contribution is -2.30. The maximum Gasteiger partial charge on any atom is 0.266 e.